The van der Waals surface area contributed by atoms with E-state index in [1.807, 2.05) is 0 Å². The third-order valence-corrected chi connectivity index (χ3v) is 2.02. The summed E-state index contributed by atoms with van der Waals surface area (Å²) in [7, 11) is -4.16. The molecular weight excluding hydrogens is 222 g/mol. The second-order valence-electron chi connectivity index (χ2n) is 2.67. The smallest absolute Gasteiger partial charge is 0.282 e. The van der Waals surface area contributed by atoms with E-state index in [9.17, 15) is 18.5 Å². The van der Waals surface area contributed by atoms with Crippen LogP contribution in [0.3, 0.4) is 0 Å². The van der Waals surface area contributed by atoms with E-state index in [0.29, 0.717) is 11.0 Å². The standard InChI is InChI=1S/C8H7NO5S/c10-9(11)8-3-1-7(2-4-8)5-6-15(12,13)14/h1-6H,(H,12,13,14)/b6-5+. The van der Waals surface area contributed by atoms with Crippen LogP contribution in [0.15, 0.2) is 29.7 Å². The van der Waals surface area contributed by atoms with Gasteiger partial charge in [0.05, 0.1) is 10.3 Å². The number of non-ortho nitro benzene ring substituents is 1. The molecule has 1 aromatic rings. The first kappa shape index (κ1) is 11.3. The molecule has 1 rings (SSSR count). The lowest BCUT2D eigenvalue weighted by Gasteiger charge is -1.92. The first-order valence-corrected chi connectivity index (χ1v) is 5.29. The van der Waals surface area contributed by atoms with E-state index < -0.39 is 15.0 Å². The van der Waals surface area contributed by atoms with E-state index in [1.165, 1.54) is 24.3 Å². The summed E-state index contributed by atoms with van der Waals surface area (Å²) in [4.78, 5) is 9.72. The topological polar surface area (TPSA) is 97.5 Å². The predicted octanol–water partition coefficient (Wildman–Crippen LogP) is 1.45. The Hall–Kier alpha value is -1.73. The molecule has 7 heteroatoms. The van der Waals surface area contributed by atoms with Crippen LogP contribution in [-0.2, 0) is 10.1 Å². The van der Waals surface area contributed by atoms with Crippen molar-refractivity contribution in [3.8, 4) is 0 Å². The minimum absolute atomic E-state index is 0.0843. The van der Waals surface area contributed by atoms with Crippen LogP contribution in [-0.4, -0.2) is 17.9 Å². The molecular formula is C8H7NO5S. The fourth-order valence-corrected chi connectivity index (χ4v) is 1.20. The third-order valence-electron chi connectivity index (χ3n) is 1.54. The second kappa shape index (κ2) is 4.20. The van der Waals surface area contributed by atoms with Gasteiger partial charge in [-0.05, 0) is 23.8 Å². The number of rotatable bonds is 3. The molecule has 0 aliphatic carbocycles. The Labute approximate surface area is 85.8 Å². The zero-order chi connectivity index (χ0) is 11.5. The molecule has 1 N–H and O–H groups in total. The molecule has 15 heavy (non-hydrogen) atoms. The van der Waals surface area contributed by atoms with Crippen LogP contribution in [0.4, 0.5) is 5.69 Å². The molecule has 0 aromatic heterocycles. The Bertz CT molecular complexity index is 488. The van der Waals surface area contributed by atoms with E-state index in [4.69, 9.17) is 4.55 Å². The van der Waals surface area contributed by atoms with E-state index in [-0.39, 0.29) is 5.69 Å². The van der Waals surface area contributed by atoms with Gasteiger partial charge in [-0.25, -0.2) is 0 Å². The summed E-state index contributed by atoms with van der Waals surface area (Å²) in [5.41, 5.74) is 0.359. The average Bonchev–Trinajstić information content (AvgIpc) is 2.14. The Balaban J connectivity index is 2.91. The number of hydrogen-bond donors (Lipinski definition) is 1. The summed E-state index contributed by atoms with van der Waals surface area (Å²) in [5, 5.41) is 10.9. The van der Waals surface area contributed by atoms with E-state index >= 15 is 0 Å². The zero-order valence-electron chi connectivity index (χ0n) is 7.40. The Morgan fingerprint density at radius 1 is 1.27 bits per heavy atom. The average molecular weight is 229 g/mol. The summed E-state index contributed by atoms with van der Waals surface area (Å²) in [6.45, 7) is 0. The van der Waals surface area contributed by atoms with Gasteiger partial charge in [-0.3, -0.25) is 14.7 Å². The molecule has 0 unspecified atom stereocenters. The van der Waals surface area contributed by atoms with E-state index in [2.05, 4.69) is 0 Å². The second-order valence-corrected chi connectivity index (χ2v) is 3.97. The maximum atomic E-state index is 10.3. The van der Waals surface area contributed by atoms with Gasteiger partial charge in [-0.15, -0.1) is 0 Å². The SMILES string of the molecule is O=[N+]([O-])c1ccc(/C=C/S(=O)(=O)O)cc1. The number of nitro groups is 1. The minimum Gasteiger partial charge on any atom is -0.282 e. The molecule has 0 saturated heterocycles. The van der Waals surface area contributed by atoms with Crippen LogP contribution < -0.4 is 0 Å². The molecule has 0 aliphatic heterocycles. The first-order chi connectivity index (χ1) is 6.88. The van der Waals surface area contributed by atoms with E-state index in [1.54, 1.807) is 0 Å². The van der Waals surface area contributed by atoms with Gasteiger partial charge in [-0.2, -0.15) is 8.42 Å². The van der Waals surface area contributed by atoms with Gasteiger partial charge in [0.25, 0.3) is 15.8 Å². The molecule has 0 atom stereocenters. The molecule has 1 aromatic carbocycles. The number of nitro benzene ring substituents is 1. The lowest BCUT2D eigenvalue weighted by atomic mass is 10.2. The lowest BCUT2D eigenvalue weighted by molar-refractivity contribution is -0.384. The third kappa shape index (κ3) is 3.88. The molecule has 0 bridgehead atoms. The molecule has 6 nitrogen and oxygen atoms in total. The van der Waals surface area contributed by atoms with Crippen LogP contribution in [0.1, 0.15) is 5.56 Å². The van der Waals surface area contributed by atoms with Crippen LogP contribution in [0.25, 0.3) is 6.08 Å². The van der Waals surface area contributed by atoms with Crippen molar-refractivity contribution in [2.45, 2.75) is 0 Å². The van der Waals surface area contributed by atoms with Crippen molar-refractivity contribution in [2.24, 2.45) is 0 Å². The molecule has 0 saturated carbocycles. The zero-order valence-corrected chi connectivity index (χ0v) is 8.22. The highest BCUT2D eigenvalue weighted by atomic mass is 32.2. The highest BCUT2D eigenvalue weighted by Crippen LogP contribution is 2.12. The van der Waals surface area contributed by atoms with Crippen molar-refractivity contribution in [1.29, 1.82) is 0 Å². The van der Waals surface area contributed by atoms with Crippen LogP contribution in [0.5, 0.6) is 0 Å². The normalized spacial score (nSPS) is 11.8. The van der Waals surface area contributed by atoms with Crippen molar-refractivity contribution in [1.82, 2.24) is 0 Å². The van der Waals surface area contributed by atoms with E-state index in [0.717, 1.165) is 6.08 Å². The molecule has 0 aliphatic rings. The molecule has 80 valence electrons. The first-order valence-electron chi connectivity index (χ1n) is 3.78. The van der Waals surface area contributed by atoms with Gasteiger partial charge in [0.15, 0.2) is 0 Å². The number of hydrogen-bond acceptors (Lipinski definition) is 4. The maximum Gasteiger partial charge on any atom is 0.287 e. The monoisotopic (exact) mass is 229 g/mol. The number of benzene rings is 1. The van der Waals surface area contributed by atoms with Crippen molar-refractivity contribution < 1.29 is 17.9 Å². The fraction of sp³-hybridized carbons (Fsp3) is 0. The fourth-order valence-electron chi connectivity index (χ4n) is 0.872. The Morgan fingerprint density at radius 3 is 2.20 bits per heavy atom. The number of nitrogens with zero attached hydrogens (tertiary/aromatic N) is 1. The molecule has 0 fully saturated rings. The van der Waals surface area contributed by atoms with Crippen LogP contribution in [0.2, 0.25) is 0 Å². The Kier molecular flexibility index (Phi) is 3.17. The summed E-state index contributed by atoms with van der Waals surface area (Å²) < 4.78 is 29.1. The van der Waals surface area contributed by atoms with Gasteiger partial charge < -0.3 is 0 Å². The van der Waals surface area contributed by atoms with Crippen molar-refractivity contribution in [3.63, 3.8) is 0 Å². The Morgan fingerprint density at radius 2 is 1.80 bits per heavy atom. The minimum atomic E-state index is -4.16. The van der Waals surface area contributed by atoms with Gasteiger partial charge in [0, 0.05) is 12.1 Å². The maximum absolute atomic E-state index is 10.3. The highest BCUT2D eigenvalue weighted by Gasteiger charge is 2.02. The van der Waals surface area contributed by atoms with Crippen molar-refractivity contribution in [3.05, 3.63) is 45.4 Å². The summed E-state index contributed by atoms with van der Waals surface area (Å²) >= 11 is 0. The summed E-state index contributed by atoms with van der Waals surface area (Å²) in [5.74, 6) is 0. The van der Waals surface area contributed by atoms with Gasteiger partial charge in [0.2, 0.25) is 0 Å². The summed E-state index contributed by atoms with van der Waals surface area (Å²) in [6, 6.07) is 5.23. The summed E-state index contributed by atoms with van der Waals surface area (Å²) in [6.07, 6.45) is 1.14. The van der Waals surface area contributed by atoms with Gasteiger partial charge in [-0.1, -0.05) is 0 Å². The predicted molar refractivity (Wildman–Crippen MR) is 53.7 cm³/mol. The lowest BCUT2D eigenvalue weighted by Crippen LogP contribution is -1.89. The highest BCUT2D eigenvalue weighted by molar-refractivity contribution is 7.88. The van der Waals surface area contributed by atoms with Gasteiger partial charge in [0.1, 0.15) is 0 Å². The van der Waals surface area contributed by atoms with Crippen molar-refractivity contribution in [2.75, 3.05) is 0 Å². The molecule has 0 amide bonds. The largest absolute Gasteiger partial charge is 0.287 e. The molecule has 0 radical (unpaired) electrons. The molecule has 0 spiro atoms. The van der Waals surface area contributed by atoms with Crippen LogP contribution in [0, 0.1) is 10.1 Å². The van der Waals surface area contributed by atoms with Crippen molar-refractivity contribution >= 4 is 21.9 Å². The van der Waals surface area contributed by atoms with Crippen LogP contribution >= 0.6 is 0 Å². The van der Waals surface area contributed by atoms with Gasteiger partial charge >= 0.3 is 0 Å². The molecule has 0 heterocycles. The quantitative estimate of drug-likeness (QED) is 0.480.